The molecule has 3 atom stereocenters. The number of carbonyl (C=O) groups excluding carboxylic acids is 1. The normalized spacial score (nSPS) is 20.9. The van der Waals surface area contributed by atoms with Crippen molar-refractivity contribution in [2.24, 2.45) is 5.92 Å². The van der Waals surface area contributed by atoms with Crippen molar-refractivity contribution in [3.05, 3.63) is 59.2 Å². The zero-order valence-corrected chi connectivity index (χ0v) is 22.0. The summed E-state index contributed by atoms with van der Waals surface area (Å²) in [5, 5.41) is 20.4. The number of imidazole rings is 1. The molecule has 1 aromatic carbocycles. The number of anilines is 1. The molecule has 3 unspecified atom stereocenters. The van der Waals surface area contributed by atoms with E-state index in [2.05, 4.69) is 11.9 Å². The number of benzene rings is 1. The number of rotatable bonds is 9. The Morgan fingerprint density at radius 2 is 1.87 bits per heavy atom. The number of hydrogen-bond donors (Lipinski definition) is 2. The second kappa shape index (κ2) is 10.7. The van der Waals surface area contributed by atoms with Gasteiger partial charge < -0.3 is 24.4 Å². The molecule has 1 saturated carbocycles. The van der Waals surface area contributed by atoms with Crippen LogP contribution >= 0.6 is 0 Å². The Hall–Kier alpha value is -3.50. The van der Waals surface area contributed by atoms with Crippen molar-refractivity contribution < 1.29 is 24.1 Å². The predicted molar refractivity (Wildman–Crippen MR) is 140 cm³/mol. The highest BCUT2D eigenvalue weighted by atomic mass is 19.1. The third kappa shape index (κ3) is 4.74. The fraction of sp³-hybridized carbons (Fsp3) is 0.464. The fourth-order valence-electron chi connectivity index (χ4n) is 5.08. The molecule has 2 aliphatic rings. The average molecular weight is 524 g/mol. The van der Waals surface area contributed by atoms with Crippen molar-refractivity contribution >= 4 is 11.7 Å². The molecule has 1 amide bonds. The van der Waals surface area contributed by atoms with Gasteiger partial charge in [-0.2, -0.15) is 0 Å². The van der Waals surface area contributed by atoms with Gasteiger partial charge in [0.2, 0.25) is 12.2 Å². The molecule has 1 aliphatic carbocycles. The number of halogens is 1. The maximum Gasteiger partial charge on any atom is 0.277 e. The Morgan fingerprint density at radius 1 is 1.11 bits per heavy atom. The second-order valence-corrected chi connectivity index (χ2v) is 10.0. The van der Waals surface area contributed by atoms with E-state index in [1.807, 2.05) is 30.5 Å². The maximum atomic E-state index is 13.7. The number of fused-ring (bicyclic) bond motifs is 1. The predicted octanol–water partition coefficient (Wildman–Crippen LogP) is 3.56. The Morgan fingerprint density at radius 3 is 2.47 bits per heavy atom. The first-order valence-corrected chi connectivity index (χ1v) is 13.2. The summed E-state index contributed by atoms with van der Waals surface area (Å²) in [7, 11) is 0. The van der Waals surface area contributed by atoms with Gasteiger partial charge in [-0.3, -0.25) is 9.69 Å². The fourth-order valence-corrected chi connectivity index (χ4v) is 5.08. The second-order valence-electron chi connectivity index (χ2n) is 10.0. The molecule has 2 aromatic heterocycles. The number of hydrogen-bond acceptors (Lipinski definition) is 7. The van der Waals surface area contributed by atoms with Crippen LogP contribution in [0.4, 0.5) is 10.2 Å². The standard InChI is InChI=1S/C28H34FN5O4/c1-4-32-26-24(27(36)33(28(32)37)14-5-15-35)34(16-19-7-9-20(29)10-8-19)25(31-26)21-11-13-23(30-18(21)3)38-22-12-6-17(22)2/h7-11,13,17,22,28,35,37H,4-6,12,14-16H2,1-3H3. The molecule has 10 heteroatoms. The van der Waals surface area contributed by atoms with Crippen LogP contribution in [0.25, 0.3) is 11.4 Å². The SMILES string of the molecule is CCN1c2nc(-c3ccc(OC4CCC4C)nc3C)n(Cc3ccc(F)cc3)c2C(=O)N(CCCO)C1O. The summed E-state index contributed by atoms with van der Waals surface area (Å²) in [6.07, 6.45) is 1.47. The smallest absolute Gasteiger partial charge is 0.277 e. The average Bonchev–Trinajstić information content (AvgIpc) is 3.26. The van der Waals surface area contributed by atoms with Crippen LogP contribution in [0.5, 0.6) is 5.88 Å². The van der Waals surface area contributed by atoms with E-state index in [4.69, 9.17) is 9.72 Å². The third-order valence-electron chi connectivity index (χ3n) is 7.51. The van der Waals surface area contributed by atoms with Crippen LogP contribution in [0.3, 0.4) is 0 Å². The van der Waals surface area contributed by atoms with Crippen molar-refractivity contribution in [3.63, 3.8) is 0 Å². The number of ether oxygens (including phenoxy) is 1. The molecule has 0 bridgehead atoms. The van der Waals surface area contributed by atoms with Gasteiger partial charge in [0.1, 0.15) is 17.7 Å². The highest BCUT2D eigenvalue weighted by molar-refractivity contribution is 6.00. The summed E-state index contributed by atoms with van der Waals surface area (Å²) in [5.41, 5.74) is 2.56. The molecule has 3 heterocycles. The lowest BCUT2D eigenvalue weighted by molar-refractivity contribution is -0.00104. The summed E-state index contributed by atoms with van der Waals surface area (Å²) >= 11 is 0. The van der Waals surface area contributed by atoms with Crippen LogP contribution in [0.2, 0.25) is 0 Å². The van der Waals surface area contributed by atoms with E-state index in [1.54, 1.807) is 17.0 Å². The number of pyridine rings is 1. The van der Waals surface area contributed by atoms with Crippen molar-refractivity contribution in [2.75, 3.05) is 24.6 Å². The van der Waals surface area contributed by atoms with Gasteiger partial charge in [0.25, 0.3) is 5.91 Å². The number of aliphatic hydroxyl groups is 2. The van der Waals surface area contributed by atoms with Gasteiger partial charge >= 0.3 is 0 Å². The Balaban J connectivity index is 1.60. The highest BCUT2D eigenvalue weighted by Crippen LogP contribution is 2.37. The first kappa shape index (κ1) is 26.1. The number of aromatic nitrogens is 3. The maximum absolute atomic E-state index is 13.7. The molecule has 0 saturated heterocycles. The molecule has 202 valence electrons. The Bertz CT molecular complexity index is 1310. The minimum absolute atomic E-state index is 0.103. The molecule has 2 N–H and O–H groups in total. The highest BCUT2D eigenvalue weighted by Gasteiger charge is 2.41. The number of aliphatic hydroxyl groups excluding tert-OH is 2. The monoisotopic (exact) mass is 523 g/mol. The number of nitrogens with zero attached hydrogens (tertiary/aromatic N) is 5. The van der Waals surface area contributed by atoms with Crippen molar-refractivity contribution in [1.82, 2.24) is 19.4 Å². The summed E-state index contributed by atoms with van der Waals surface area (Å²) in [4.78, 5) is 26.3. The molecule has 1 fully saturated rings. The quantitative estimate of drug-likeness (QED) is 0.442. The van der Waals surface area contributed by atoms with Crippen molar-refractivity contribution in [3.8, 4) is 17.3 Å². The summed E-state index contributed by atoms with van der Waals surface area (Å²) < 4.78 is 21.5. The van der Waals surface area contributed by atoms with Gasteiger partial charge in [0.15, 0.2) is 11.5 Å². The first-order valence-electron chi connectivity index (χ1n) is 13.2. The third-order valence-corrected chi connectivity index (χ3v) is 7.51. The summed E-state index contributed by atoms with van der Waals surface area (Å²) in [5.74, 6) is 1.24. The summed E-state index contributed by atoms with van der Waals surface area (Å²) in [6, 6.07) is 9.85. The molecule has 0 spiro atoms. The lowest BCUT2D eigenvalue weighted by Crippen LogP contribution is -2.56. The molecule has 1 aliphatic heterocycles. The minimum Gasteiger partial charge on any atom is -0.474 e. The van der Waals surface area contributed by atoms with Crippen LogP contribution < -0.4 is 9.64 Å². The van der Waals surface area contributed by atoms with Gasteiger partial charge in [-0.15, -0.1) is 0 Å². The zero-order chi connectivity index (χ0) is 27.0. The van der Waals surface area contributed by atoms with E-state index in [1.165, 1.54) is 17.0 Å². The molecule has 9 nitrogen and oxygen atoms in total. The number of aryl methyl sites for hydroxylation is 1. The molecule has 3 aromatic rings. The van der Waals surface area contributed by atoms with E-state index in [9.17, 15) is 19.4 Å². The van der Waals surface area contributed by atoms with Gasteiger partial charge in [-0.25, -0.2) is 14.4 Å². The Kier molecular flexibility index (Phi) is 7.36. The Labute approximate surface area is 221 Å². The van der Waals surface area contributed by atoms with Crippen LogP contribution in [-0.4, -0.2) is 67.7 Å². The van der Waals surface area contributed by atoms with Gasteiger partial charge in [0, 0.05) is 37.9 Å². The minimum atomic E-state index is -1.20. The largest absolute Gasteiger partial charge is 0.474 e. The lowest BCUT2D eigenvalue weighted by Gasteiger charge is -2.40. The molecule has 0 radical (unpaired) electrons. The summed E-state index contributed by atoms with van der Waals surface area (Å²) in [6.45, 7) is 6.69. The van der Waals surface area contributed by atoms with Gasteiger partial charge in [-0.1, -0.05) is 19.1 Å². The van der Waals surface area contributed by atoms with Crippen LogP contribution in [0.15, 0.2) is 36.4 Å². The van der Waals surface area contributed by atoms with E-state index in [0.29, 0.717) is 47.8 Å². The van der Waals surface area contributed by atoms with E-state index < -0.39 is 6.35 Å². The van der Waals surface area contributed by atoms with E-state index >= 15 is 0 Å². The molecular formula is C28H34FN5O4. The number of carbonyl (C=O) groups is 1. The van der Waals surface area contributed by atoms with Crippen molar-refractivity contribution in [2.45, 2.75) is 59.0 Å². The van der Waals surface area contributed by atoms with E-state index in [0.717, 1.165) is 24.0 Å². The van der Waals surface area contributed by atoms with Crippen molar-refractivity contribution in [1.29, 1.82) is 0 Å². The molecule has 5 rings (SSSR count). The van der Waals surface area contributed by atoms with Crippen LogP contribution in [-0.2, 0) is 6.54 Å². The van der Waals surface area contributed by atoms with Gasteiger partial charge in [0.05, 0.1) is 5.69 Å². The van der Waals surface area contributed by atoms with E-state index in [-0.39, 0.29) is 37.5 Å². The lowest BCUT2D eigenvalue weighted by atomic mass is 9.84. The van der Waals surface area contributed by atoms with Crippen LogP contribution in [0, 0.1) is 18.7 Å². The van der Waals surface area contributed by atoms with Gasteiger partial charge in [-0.05, 0) is 62.8 Å². The molecular weight excluding hydrogens is 489 g/mol. The zero-order valence-electron chi connectivity index (χ0n) is 22.0. The first-order chi connectivity index (χ1) is 18.3. The topological polar surface area (TPSA) is 104 Å². The van der Waals surface area contributed by atoms with Crippen LogP contribution in [0.1, 0.15) is 54.9 Å². The number of amides is 1. The molecule has 38 heavy (non-hydrogen) atoms.